The predicted molar refractivity (Wildman–Crippen MR) is 59.2 cm³/mol. The molecule has 0 spiro atoms. The van der Waals surface area contributed by atoms with Crippen molar-refractivity contribution < 1.29 is 4.79 Å². The Bertz CT molecular complexity index is 253. The zero-order chi connectivity index (χ0) is 10.2. The van der Waals surface area contributed by atoms with Crippen molar-refractivity contribution in [3.8, 4) is 0 Å². The Morgan fingerprint density at radius 2 is 2.00 bits per heavy atom. The van der Waals surface area contributed by atoms with E-state index in [9.17, 15) is 4.79 Å². The van der Waals surface area contributed by atoms with E-state index in [2.05, 4.69) is 19.1 Å². The van der Waals surface area contributed by atoms with Crippen LogP contribution < -0.4 is 0 Å². The molecule has 14 heavy (non-hydrogen) atoms. The largest absolute Gasteiger partial charge is 0.303 e. The van der Waals surface area contributed by atoms with Crippen LogP contribution in [0.5, 0.6) is 0 Å². The Labute approximate surface area is 86.1 Å². The van der Waals surface area contributed by atoms with Gasteiger partial charge in [-0.2, -0.15) is 0 Å². The van der Waals surface area contributed by atoms with E-state index < -0.39 is 0 Å². The SMILES string of the molecule is CCCC[C@@H](C=O)Cc1ccccc1. The van der Waals surface area contributed by atoms with E-state index in [1.165, 1.54) is 12.0 Å². The molecule has 0 aliphatic rings. The molecule has 0 N–H and O–H groups in total. The van der Waals surface area contributed by atoms with Gasteiger partial charge in [0.15, 0.2) is 0 Å². The summed E-state index contributed by atoms with van der Waals surface area (Å²) >= 11 is 0. The summed E-state index contributed by atoms with van der Waals surface area (Å²) in [4.78, 5) is 10.8. The summed E-state index contributed by atoms with van der Waals surface area (Å²) in [6, 6.07) is 10.2. The van der Waals surface area contributed by atoms with Crippen molar-refractivity contribution in [1.82, 2.24) is 0 Å². The van der Waals surface area contributed by atoms with Crippen LogP contribution in [0.15, 0.2) is 30.3 Å². The number of aldehydes is 1. The molecule has 1 rings (SSSR count). The minimum absolute atomic E-state index is 0.206. The minimum atomic E-state index is 0.206. The third-order valence-electron chi connectivity index (χ3n) is 2.46. The molecule has 0 radical (unpaired) electrons. The Kier molecular flexibility index (Phi) is 4.98. The fraction of sp³-hybridized carbons (Fsp3) is 0.462. The normalized spacial score (nSPS) is 12.4. The number of unbranched alkanes of at least 4 members (excludes halogenated alkanes) is 1. The predicted octanol–water partition coefficient (Wildman–Crippen LogP) is 3.23. The molecular formula is C13H18O. The molecule has 0 aliphatic carbocycles. The lowest BCUT2D eigenvalue weighted by molar-refractivity contribution is -0.111. The first-order chi connectivity index (χ1) is 6.86. The lowest BCUT2D eigenvalue weighted by Gasteiger charge is -2.08. The van der Waals surface area contributed by atoms with E-state index in [1.807, 2.05) is 18.2 Å². The molecule has 0 saturated heterocycles. The lowest BCUT2D eigenvalue weighted by atomic mass is 9.96. The maximum atomic E-state index is 10.8. The zero-order valence-electron chi connectivity index (χ0n) is 8.78. The van der Waals surface area contributed by atoms with E-state index in [1.54, 1.807) is 0 Å². The standard InChI is InChI=1S/C13H18O/c1-2-3-7-13(11-14)10-12-8-5-4-6-9-12/h4-6,8-9,11,13H,2-3,7,10H2,1H3/t13-/m1/s1. The summed E-state index contributed by atoms with van der Waals surface area (Å²) < 4.78 is 0. The van der Waals surface area contributed by atoms with Gasteiger partial charge >= 0.3 is 0 Å². The molecule has 0 heterocycles. The van der Waals surface area contributed by atoms with Gasteiger partial charge in [0.1, 0.15) is 6.29 Å². The van der Waals surface area contributed by atoms with Gasteiger partial charge in [0.25, 0.3) is 0 Å². The Morgan fingerprint density at radius 1 is 1.29 bits per heavy atom. The van der Waals surface area contributed by atoms with Gasteiger partial charge in [0.2, 0.25) is 0 Å². The maximum absolute atomic E-state index is 10.8. The molecule has 1 heteroatoms. The molecule has 0 fully saturated rings. The van der Waals surface area contributed by atoms with Crippen LogP contribution in [-0.2, 0) is 11.2 Å². The second-order valence-corrected chi connectivity index (χ2v) is 3.73. The van der Waals surface area contributed by atoms with Gasteiger partial charge in [-0.25, -0.2) is 0 Å². The quantitative estimate of drug-likeness (QED) is 0.629. The summed E-state index contributed by atoms with van der Waals surface area (Å²) in [5.41, 5.74) is 1.26. The van der Waals surface area contributed by atoms with Crippen molar-refractivity contribution >= 4 is 6.29 Å². The van der Waals surface area contributed by atoms with Crippen LogP contribution in [0.3, 0.4) is 0 Å². The average Bonchev–Trinajstić information content (AvgIpc) is 2.25. The van der Waals surface area contributed by atoms with Crippen molar-refractivity contribution in [3.05, 3.63) is 35.9 Å². The van der Waals surface area contributed by atoms with E-state index in [0.717, 1.165) is 25.5 Å². The van der Waals surface area contributed by atoms with Crippen molar-refractivity contribution in [2.24, 2.45) is 5.92 Å². The summed E-state index contributed by atoms with van der Waals surface area (Å²) in [7, 11) is 0. The van der Waals surface area contributed by atoms with Gasteiger partial charge in [-0.1, -0.05) is 50.1 Å². The summed E-state index contributed by atoms with van der Waals surface area (Å²) in [5.74, 6) is 0.206. The topological polar surface area (TPSA) is 17.1 Å². The molecule has 1 nitrogen and oxygen atoms in total. The summed E-state index contributed by atoms with van der Waals surface area (Å²) in [5, 5.41) is 0. The van der Waals surface area contributed by atoms with Crippen LogP contribution >= 0.6 is 0 Å². The van der Waals surface area contributed by atoms with E-state index >= 15 is 0 Å². The summed E-state index contributed by atoms with van der Waals surface area (Å²) in [6.45, 7) is 2.16. The number of carbonyl (C=O) groups is 1. The van der Waals surface area contributed by atoms with Gasteiger partial charge in [0.05, 0.1) is 0 Å². The molecule has 0 amide bonds. The molecule has 0 aromatic heterocycles. The van der Waals surface area contributed by atoms with Crippen LogP contribution in [0.1, 0.15) is 31.7 Å². The van der Waals surface area contributed by atoms with Gasteiger partial charge in [0, 0.05) is 5.92 Å². The van der Waals surface area contributed by atoms with Gasteiger partial charge in [-0.15, -0.1) is 0 Å². The molecular weight excluding hydrogens is 172 g/mol. The number of hydrogen-bond donors (Lipinski definition) is 0. The first kappa shape index (κ1) is 11.0. The van der Waals surface area contributed by atoms with Crippen LogP contribution in [0.25, 0.3) is 0 Å². The zero-order valence-corrected chi connectivity index (χ0v) is 8.78. The van der Waals surface area contributed by atoms with Crippen molar-refractivity contribution in [3.63, 3.8) is 0 Å². The van der Waals surface area contributed by atoms with Gasteiger partial charge in [-0.3, -0.25) is 0 Å². The van der Waals surface area contributed by atoms with Gasteiger partial charge < -0.3 is 4.79 Å². The average molecular weight is 190 g/mol. The molecule has 1 aromatic carbocycles. The number of carbonyl (C=O) groups excluding carboxylic acids is 1. The van der Waals surface area contributed by atoms with Crippen molar-refractivity contribution in [2.75, 3.05) is 0 Å². The van der Waals surface area contributed by atoms with E-state index in [0.29, 0.717) is 0 Å². The highest BCUT2D eigenvalue weighted by Crippen LogP contribution is 2.12. The minimum Gasteiger partial charge on any atom is -0.303 e. The first-order valence-electron chi connectivity index (χ1n) is 5.36. The number of benzene rings is 1. The van der Waals surface area contributed by atoms with Crippen molar-refractivity contribution in [1.29, 1.82) is 0 Å². The lowest BCUT2D eigenvalue weighted by Crippen LogP contribution is -2.05. The second-order valence-electron chi connectivity index (χ2n) is 3.73. The van der Waals surface area contributed by atoms with Crippen LogP contribution in [-0.4, -0.2) is 6.29 Å². The summed E-state index contributed by atoms with van der Waals surface area (Å²) in [6.07, 6.45) is 5.33. The van der Waals surface area contributed by atoms with E-state index in [-0.39, 0.29) is 5.92 Å². The third kappa shape index (κ3) is 3.73. The fourth-order valence-electron chi connectivity index (χ4n) is 1.60. The monoisotopic (exact) mass is 190 g/mol. The highest BCUT2D eigenvalue weighted by Gasteiger charge is 2.06. The molecule has 0 saturated carbocycles. The second kappa shape index (κ2) is 6.36. The number of rotatable bonds is 6. The molecule has 1 aromatic rings. The maximum Gasteiger partial charge on any atom is 0.123 e. The first-order valence-corrected chi connectivity index (χ1v) is 5.36. The smallest absolute Gasteiger partial charge is 0.123 e. The highest BCUT2D eigenvalue weighted by atomic mass is 16.1. The highest BCUT2D eigenvalue weighted by molar-refractivity contribution is 5.54. The Balaban J connectivity index is 2.44. The molecule has 0 aliphatic heterocycles. The van der Waals surface area contributed by atoms with Crippen molar-refractivity contribution in [2.45, 2.75) is 32.6 Å². The van der Waals surface area contributed by atoms with Gasteiger partial charge in [-0.05, 0) is 18.4 Å². The molecule has 0 bridgehead atoms. The molecule has 76 valence electrons. The molecule has 0 unspecified atom stereocenters. The number of hydrogen-bond acceptors (Lipinski definition) is 1. The fourth-order valence-corrected chi connectivity index (χ4v) is 1.60. The van der Waals surface area contributed by atoms with Crippen LogP contribution in [0.4, 0.5) is 0 Å². The molecule has 1 atom stereocenters. The Morgan fingerprint density at radius 3 is 2.57 bits per heavy atom. The van der Waals surface area contributed by atoms with Crippen LogP contribution in [0.2, 0.25) is 0 Å². The third-order valence-corrected chi connectivity index (χ3v) is 2.46. The van der Waals surface area contributed by atoms with E-state index in [4.69, 9.17) is 0 Å². The Hall–Kier alpha value is -1.11. The van der Waals surface area contributed by atoms with Crippen LogP contribution in [0, 0.1) is 5.92 Å².